The summed E-state index contributed by atoms with van der Waals surface area (Å²) in [5.41, 5.74) is 7.46. The fourth-order valence-corrected chi connectivity index (χ4v) is 2.93. The summed E-state index contributed by atoms with van der Waals surface area (Å²) in [7, 11) is 0. The fourth-order valence-electron chi connectivity index (χ4n) is 2.03. The van der Waals surface area contributed by atoms with Gasteiger partial charge in [-0.25, -0.2) is 15.8 Å². The van der Waals surface area contributed by atoms with Gasteiger partial charge in [-0.3, -0.25) is 0 Å². The number of benzene rings is 1. The highest BCUT2D eigenvalue weighted by Gasteiger charge is 2.07. The Hall–Kier alpha value is -1.59. The molecule has 0 spiro atoms. The molecule has 0 radical (unpaired) electrons. The molecule has 5 heteroatoms. The Balaban J connectivity index is 2.14. The molecule has 1 heterocycles. The van der Waals surface area contributed by atoms with Crippen LogP contribution in [0.25, 0.3) is 0 Å². The monoisotopic (exact) mass is 274 g/mol. The van der Waals surface area contributed by atoms with Gasteiger partial charge in [0.15, 0.2) is 0 Å². The number of anilines is 1. The normalized spacial score (nSPS) is 10.5. The van der Waals surface area contributed by atoms with E-state index >= 15 is 0 Å². The third-order valence-electron chi connectivity index (χ3n) is 2.83. The topological polar surface area (TPSA) is 63.8 Å². The predicted octanol–water partition coefficient (Wildman–Crippen LogP) is 2.98. The number of rotatable bonds is 4. The summed E-state index contributed by atoms with van der Waals surface area (Å²) in [5, 5.41) is 0.960. The van der Waals surface area contributed by atoms with Crippen LogP contribution in [0.2, 0.25) is 0 Å². The molecule has 19 heavy (non-hydrogen) atoms. The Morgan fingerprint density at radius 2 is 1.79 bits per heavy atom. The van der Waals surface area contributed by atoms with Gasteiger partial charge >= 0.3 is 0 Å². The molecule has 1 aromatic heterocycles. The highest BCUT2D eigenvalue weighted by molar-refractivity contribution is 7.98. The summed E-state index contributed by atoms with van der Waals surface area (Å²) in [6, 6.07) is 6.60. The minimum Gasteiger partial charge on any atom is -0.308 e. The van der Waals surface area contributed by atoms with Gasteiger partial charge in [0.1, 0.15) is 17.2 Å². The van der Waals surface area contributed by atoms with Crippen molar-refractivity contribution in [3.63, 3.8) is 0 Å². The summed E-state index contributed by atoms with van der Waals surface area (Å²) < 4.78 is 0. The molecule has 4 nitrogen and oxygen atoms in total. The van der Waals surface area contributed by atoms with Gasteiger partial charge in [0.05, 0.1) is 0 Å². The van der Waals surface area contributed by atoms with Crippen molar-refractivity contribution in [3.8, 4) is 0 Å². The quantitative estimate of drug-likeness (QED) is 0.388. The molecule has 0 saturated carbocycles. The first kappa shape index (κ1) is 13.8. The summed E-state index contributed by atoms with van der Waals surface area (Å²) >= 11 is 1.70. The van der Waals surface area contributed by atoms with Gasteiger partial charge in [-0.05, 0) is 26.3 Å². The molecular weight excluding hydrogens is 256 g/mol. The maximum Gasteiger partial charge on any atom is 0.147 e. The van der Waals surface area contributed by atoms with Crippen LogP contribution in [-0.2, 0) is 5.75 Å². The van der Waals surface area contributed by atoms with Crippen molar-refractivity contribution in [3.05, 3.63) is 46.8 Å². The molecule has 0 amide bonds. The number of thioether (sulfide) groups is 1. The van der Waals surface area contributed by atoms with Crippen molar-refractivity contribution in [2.24, 2.45) is 5.84 Å². The Labute approximate surface area is 117 Å². The Morgan fingerprint density at radius 3 is 2.42 bits per heavy atom. The molecule has 1 aromatic carbocycles. The first-order valence-corrected chi connectivity index (χ1v) is 7.07. The third kappa shape index (κ3) is 3.45. The summed E-state index contributed by atoms with van der Waals surface area (Å²) in [5.74, 6) is 6.99. The molecule has 100 valence electrons. The zero-order valence-corrected chi connectivity index (χ0v) is 12.2. The number of aryl methyl sites for hydroxylation is 2. The van der Waals surface area contributed by atoms with Crippen LogP contribution in [0, 0.1) is 20.8 Å². The molecule has 0 aliphatic carbocycles. The van der Waals surface area contributed by atoms with Crippen LogP contribution in [0.4, 0.5) is 5.82 Å². The summed E-state index contributed by atoms with van der Waals surface area (Å²) in [6.45, 7) is 6.21. The minimum absolute atomic E-state index is 0.679. The minimum atomic E-state index is 0.679. The van der Waals surface area contributed by atoms with Gasteiger partial charge in [-0.1, -0.05) is 29.3 Å². The molecule has 2 rings (SSSR count). The highest BCUT2D eigenvalue weighted by Crippen LogP contribution is 2.27. The third-order valence-corrected chi connectivity index (χ3v) is 3.99. The second-order valence-corrected chi connectivity index (χ2v) is 5.55. The van der Waals surface area contributed by atoms with E-state index in [-0.39, 0.29) is 0 Å². The van der Waals surface area contributed by atoms with Gasteiger partial charge in [0.25, 0.3) is 0 Å². The van der Waals surface area contributed by atoms with Crippen LogP contribution in [0.5, 0.6) is 0 Å². The van der Waals surface area contributed by atoms with Crippen molar-refractivity contribution >= 4 is 17.6 Å². The van der Waals surface area contributed by atoms with Crippen molar-refractivity contribution in [1.29, 1.82) is 0 Å². The Kier molecular flexibility index (Phi) is 4.39. The van der Waals surface area contributed by atoms with E-state index in [0.717, 1.165) is 16.3 Å². The van der Waals surface area contributed by atoms with Gasteiger partial charge < -0.3 is 5.43 Å². The lowest BCUT2D eigenvalue weighted by atomic mass is 10.1. The van der Waals surface area contributed by atoms with Crippen molar-refractivity contribution in [2.45, 2.75) is 31.6 Å². The fraction of sp³-hybridized carbons (Fsp3) is 0.286. The van der Waals surface area contributed by atoms with E-state index < -0.39 is 0 Å². The lowest BCUT2D eigenvalue weighted by molar-refractivity contribution is 0.996. The second-order valence-electron chi connectivity index (χ2n) is 4.58. The van der Waals surface area contributed by atoms with E-state index in [1.54, 1.807) is 11.8 Å². The maximum absolute atomic E-state index is 5.42. The number of hydrogen-bond donors (Lipinski definition) is 2. The molecule has 0 unspecified atom stereocenters. The smallest absolute Gasteiger partial charge is 0.147 e. The molecule has 0 fully saturated rings. The largest absolute Gasteiger partial charge is 0.308 e. The molecule has 3 N–H and O–H groups in total. The molecule has 2 aromatic rings. The van der Waals surface area contributed by atoms with Gasteiger partial charge in [-0.2, -0.15) is 0 Å². The number of nitrogens with one attached hydrogen (secondary N) is 1. The average molecular weight is 274 g/mol. The Bertz CT molecular complexity index is 563. The van der Waals surface area contributed by atoms with Crippen molar-refractivity contribution < 1.29 is 0 Å². The van der Waals surface area contributed by atoms with E-state index in [1.165, 1.54) is 23.0 Å². The molecule has 0 aliphatic heterocycles. The van der Waals surface area contributed by atoms with Crippen molar-refractivity contribution in [1.82, 2.24) is 9.97 Å². The number of hydrazine groups is 1. The first-order chi connectivity index (χ1) is 9.10. The van der Waals surface area contributed by atoms with Crippen LogP contribution in [0.15, 0.2) is 29.6 Å². The predicted molar refractivity (Wildman–Crippen MR) is 80.1 cm³/mol. The lowest BCUT2D eigenvalue weighted by Gasteiger charge is -2.09. The molecule has 0 bridgehead atoms. The van der Waals surface area contributed by atoms with E-state index in [2.05, 4.69) is 47.4 Å². The van der Waals surface area contributed by atoms with E-state index in [1.807, 2.05) is 6.92 Å². The van der Waals surface area contributed by atoms with Gasteiger partial charge in [0.2, 0.25) is 0 Å². The Morgan fingerprint density at radius 1 is 1.11 bits per heavy atom. The van der Waals surface area contributed by atoms with Gasteiger partial charge in [-0.15, -0.1) is 11.8 Å². The van der Waals surface area contributed by atoms with Crippen LogP contribution < -0.4 is 11.3 Å². The average Bonchev–Trinajstić information content (AvgIpc) is 2.36. The zero-order chi connectivity index (χ0) is 13.8. The summed E-state index contributed by atoms with van der Waals surface area (Å²) in [4.78, 5) is 8.38. The number of nitrogens with two attached hydrogens (primary N) is 1. The molecular formula is C14H18N4S. The SMILES string of the molecule is Cc1cc(C)cc(CSc2ncnc(NN)c2C)c1. The van der Waals surface area contributed by atoms with Crippen LogP contribution in [0.3, 0.4) is 0 Å². The van der Waals surface area contributed by atoms with Crippen LogP contribution >= 0.6 is 11.8 Å². The van der Waals surface area contributed by atoms with E-state index in [9.17, 15) is 0 Å². The zero-order valence-electron chi connectivity index (χ0n) is 11.4. The van der Waals surface area contributed by atoms with Crippen LogP contribution in [-0.4, -0.2) is 9.97 Å². The molecule has 0 aliphatic rings. The number of aromatic nitrogens is 2. The van der Waals surface area contributed by atoms with Crippen molar-refractivity contribution in [2.75, 3.05) is 5.43 Å². The molecule has 0 atom stereocenters. The molecule has 0 saturated heterocycles. The van der Waals surface area contributed by atoms with E-state index in [4.69, 9.17) is 5.84 Å². The number of nitrogens with zero attached hydrogens (tertiary/aromatic N) is 2. The lowest BCUT2D eigenvalue weighted by Crippen LogP contribution is -2.10. The van der Waals surface area contributed by atoms with Crippen LogP contribution in [0.1, 0.15) is 22.3 Å². The summed E-state index contributed by atoms with van der Waals surface area (Å²) in [6.07, 6.45) is 1.53. The highest BCUT2D eigenvalue weighted by atomic mass is 32.2. The van der Waals surface area contributed by atoms with E-state index in [0.29, 0.717) is 5.82 Å². The standard InChI is InChI=1S/C14H18N4S/c1-9-4-10(2)6-12(5-9)7-19-14-11(3)13(18-15)16-8-17-14/h4-6,8H,7,15H2,1-3H3,(H,16,17,18). The van der Waals surface area contributed by atoms with Gasteiger partial charge in [0, 0.05) is 11.3 Å². The number of hydrogen-bond acceptors (Lipinski definition) is 5. The maximum atomic E-state index is 5.42. The number of nitrogen functional groups attached to an aromatic ring is 1. The second kappa shape index (κ2) is 6.04. The first-order valence-electron chi connectivity index (χ1n) is 6.08.